The van der Waals surface area contributed by atoms with Crippen LogP contribution in [0.2, 0.25) is 0 Å². The van der Waals surface area contributed by atoms with Crippen LogP contribution in [0.1, 0.15) is 13.8 Å². The second kappa shape index (κ2) is 10.4. The Bertz CT molecular complexity index is 156. The molecule has 0 aromatic carbocycles. The van der Waals surface area contributed by atoms with Crippen LogP contribution in [0.3, 0.4) is 0 Å². The maximum absolute atomic E-state index is 8.43. The lowest BCUT2D eigenvalue weighted by molar-refractivity contribution is -0.742. The second-order valence-corrected chi connectivity index (χ2v) is 2.96. The van der Waals surface area contributed by atoms with Crippen molar-refractivity contribution in [3.63, 3.8) is 0 Å². The van der Waals surface area contributed by atoms with Crippen molar-refractivity contribution in [1.29, 1.82) is 0 Å². The number of hydrogen-bond acceptors (Lipinski definition) is 6. The van der Waals surface area contributed by atoms with Crippen LogP contribution >= 0.6 is 0 Å². The normalized spacial score (nSPS) is 8.80. The standard InChI is InChI=1S/C5H12O2.2HNO3/c1-5(2,3-6)4-7;2*2-1(3)4/h6-7H,3-4H2,1-2H3;2*(H,2,3,4). The molecule has 0 unspecified atom stereocenters. The highest BCUT2D eigenvalue weighted by molar-refractivity contribution is 4.62. The summed E-state index contributed by atoms with van der Waals surface area (Å²) in [6, 6.07) is 0. The molecule has 0 radical (unpaired) electrons. The van der Waals surface area contributed by atoms with Gasteiger partial charge in [-0.3, -0.25) is 0 Å². The maximum Gasteiger partial charge on any atom is 0.291 e. The molecule has 0 atom stereocenters. The van der Waals surface area contributed by atoms with Gasteiger partial charge < -0.3 is 20.6 Å². The molecule has 0 spiro atoms. The summed E-state index contributed by atoms with van der Waals surface area (Å²) in [4.78, 5) is 16.7. The van der Waals surface area contributed by atoms with E-state index in [1.54, 1.807) is 13.8 Å². The van der Waals surface area contributed by atoms with E-state index in [9.17, 15) is 0 Å². The van der Waals surface area contributed by atoms with Crippen LogP contribution in [0, 0.1) is 25.6 Å². The molecule has 0 saturated carbocycles. The molecule has 0 rings (SSSR count). The van der Waals surface area contributed by atoms with Gasteiger partial charge in [0.15, 0.2) is 0 Å². The van der Waals surface area contributed by atoms with E-state index in [0.717, 1.165) is 0 Å². The molecule has 0 aliphatic heterocycles. The third-order valence-corrected chi connectivity index (χ3v) is 0.856. The van der Waals surface area contributed by atoms with Crippen molar-refractivity contribution in [2.24, 2.45) is 5.41 Å². The fourth-order valence-corrected chi connectivity index (χ4v) is 0.0500. The van der Waals surface area contributed by atoms with Gasteiger partial charge in [-0.1, -0.05) is 13.8 Å². The van der Waals surface area contributed by atoms with Gasteiger partial charge in [0.25, 0.3) is 10.2 Å². The predicted molar refractivity (Wildman–Crippen MR) is 45.5 cm³/mol. The van der Waals surface area contributed by atoms with Crippen molar-refractivity contribution in [2.45, 2.75) is 13.8 Å². The first-order valence-electron chi connectivity index (χ1n) is 3.47. The van der Waals surface area contributed by atoms with E-state index in [1.165, 1.54) is 0 Å². The lowest BCUT2D eigenvalue weighted by Gasteiger charge is -2.16. The zero-order valence-electron chi connectivity index (χ0n) is 8.23. The molecule has 0 saturated heterocycles. The highest BCUT2D eigenvalue weighted by atomic mass is 16.9. The summed E-state index contributed by atoms with van der Waals surface area (Å²) >= 11 is 0. The molecule has 0 heterocycles. The molecule has 4 N–H and O–H groups in total. The molecule has 0 aliphatic carbocycles. The fourth-order valence-electron chi connectivity index (χ4n) is 0.0500. The van der Waals surface area contributed by atoms with Crippen LogP contribution in [-0.2, 0) is 0 Å². The third-order valence-electron chi connectivity index (χ3n) is 0.856. The summed E-state index contributed by atoms with van der Waals surface area (Å²) in [5, 5.41) is 44.1. The van der Waals surface area contributed by atoms with Crippen molar-refractivity contribution < 1.29 is 30.8 Å². The molecule has 15 heavy (non-hydrogen) atoms. The van der Waals surface area contributed by atoms with Crippen LogP contribution in [0.15, 0.2) is 0 Å². The number of aliphatic hydroxyl groups is 2. The summed E-state index contributed by atoms with van der Waals surface area (Å²) < 4.78 is 0. The van der Waals surface area contributed by atoms with Gasteiger partial charge in [0.1, 0.15) is 0 Å². The summed E-state index contributed by atoms with van der Waals surface area (Å²) in [5.41, 5.74) is -0.306. The molecule has 10 nitrogen and oxygen atoms in total. The second-order valence-electron chi connectivity index (χ2n) is 2.96. The molecular formula is C5H14N2O8. The van der Waals surface area contributed by atoms with Gasteiger partial charge in [-0.2, -0.15) is 0 Å². The molecule has 0 fully saturated rings. The van der Waals surface area contributed by atoms with E-state index in [2.05, 4.69) is 0 Å². The Morgan fingerprint density at radius 2 is 1.13 bits per heavy atom. The van der Waals surface area contributed by atoms with E-state index in [1.807, 2.05) is 0 Å². The van der Waals surface area contributed by atoms with Crippen LogP contribution in [0.25, 0.3) is 0 Å². The van der Waals surface area contributed by atoms with Crippen LogP contribution < -0.4 is 0 Å². The Hall–Kier alpha value is -1.68. The predicted octanol–water partition coefficient (Wildman–Crippen LogP) is -0.698. The molecule has 0 bridgehead atoms. The number of rotatable bonds is 2. The highest BCUT2D eigenvalue weighted by Gasteiger charge is 2.13. The minimum absolute atomic E-state index is 0.0451. The molecule has 92 valence electrons. The lowest BCUT2D eigenvalue weighted by atomic mass is 9.97. The molecule has 0 aromatic heterocycles. The molecular weight excluding hydrogens is 216 g/mol. The van der Waals surface area contributed by atoms with E-state index in [0.29, 0.717) is 0 Å². The van der Waals surface area contributed by atoms with Crippen molar-refractivity contribution in [3.05, 3.63) is 20.2 Å². The molecule has 0 aromatic rings. The van der Waals surface area contributed by atoms with Crippen LogP contribution in [0.4, 0.5) is 0 Å². The topological polar surface area (TPSA) is 167 Å². The van der Waals surface area contributed by atoms with Crippen molar-refractivity contribution in [2.75, 3.05) is 13.2 Å². The van der Waals surface area contributed by atoms with Gasteiger partial charge in [0.2, 0.25) is 0 Å². The fraction of sp³-hybridized carbons (Fsp3) is 1.00. The monoisotopic (exact) mass is 230 g/mol. The summed E-state index contributed by atoms with van der Waals surface area (Å²) in [6.07, 6.45) is 0. The summed E-state index contributed by atoms with van der Waals surface area (Å²) in [6.45, 7) is 3.69. The van der Waals surface area contributed by atoms with E-state index in [-0.39, 0.29) is 18.6 Å². The Kier molecular flexibility index (Phi) is 13.2. The van der Waals surface area contributed by atoms with Gasteiger partial charge in [0, 0.05) is 5.41 Å². The van der Waals surface area contributed by atoms with E-state index >= 15 is 0 Å². The summed E-state index contributed by atoms with van der Waals surface area (Å²) in [5.74, 6) is 0. The number of nitrogens with zero attached hydrogens (tertiary/aromatic N) is 2. The number of aliphatic hydroxyl groups excluding tert-OH is 2. The Morgan fingerprint density at radius 1 is 1.00 bits per heavy atom. The minimum Gasteiger partial charge on any atom is -0.396 e. The van der Waals surface area contributed by atoms with E-state index in [4.69, 9.17) is 40.9 Å². The molecule has 10 heteroatoms. The quantitative estimate of drug-likeness (QED) is 0.356. The van der Waals surface area contributed by atoms with Crippen molar-refractivity contribution >= 4 is 0 Å². The molecule has 0 aliphatic rings. The Labute approximate surface area is 84.6 Å². The van der Waals surface area contributed by atoms with Gasteiger partial charge in [0.05, 0.1) is 13.2 Å². The average Bonchev–Trinajstić information content (AvgIpc) is 2.02. The molecule has 0 amide bonds. The van der Waals surface area contributed by atoms with Crippen molar-refractivity contribution in [3.8, 4) is 0 Å². The van der Waals surface area contributed by atoms with E-state index < -0.39 is 10.2 Å². The first-order chi connectivity index (χ1) is 6.59. The van der Waals surface area contributed by atoms with Crippen LogP contribution in [0.5, 0.6) is 0 Å². The zero-order chi connectivity index (χ0) is 13.1. The largest absolute Gasteiger partial charge is 0.396 e. The number of hydrogen-bond donors (Lipinski definition) is 4. The Balaban J connectivity index is -0.000000155. The van der Waals surface area contributed by atoms with Crippen LogP contribution in [-0.4, -0.2) is 44.0 Å². The van der Waals surface area contributed by atoms with Gasteiger partial charge in [-0.05, 0) is 0 Å². The first kappa shape index (κ1) is 19.0. The smallest absolute Gasteiger partial charge is 0.291 e. The minimum atomic E-state index is -1.50. The first-order valence-corrected chi connectivity index (χ1v) is 3.47. The lowest BCUT2D eigenvalue weighted by Crippen LogP contribution is -2.20. The van der Waals surface area contributed by atoms with Gasteiger partial charge in [-0.25, -0.2) is 0 Å². The average molecular weight is 230 g/mol. The van der Waals surface area contributed by atoms with Crippen molar-refractivity contribution in [1.82, 2.24) is 0 Å². The van der Waals surface area contributed by atoms with Gasteiger partial charge >= 0.3 is 0 Å². The maximum atomic E-state index is 8.43. The summed E-state index contributed by atoms with van der Waals surface area (Å²) in [7, 11) is 0. The van der Waals surface area contributed by atoms with Gasteiger partial charge in [-0.15, -0.1) is 20.2 Å². The Morgan fingerprint density at radius 3 is 1.13 bits per heavy atom. The third kappa shape index (κ3) is 70.3. The SMILES string of the molecule is CC(C)(CO)CO.O=[N+]([O-])O.O=[N+]([O-])O. The zero-order valence-corrected chi connectivity index (χ0v) is 8.23. The highest BCUT2D eigenvalue weighted by Crippen LogP contribution is 2.10.